The minimum Gasteiger partial charge on any atom is -0.315 e. The summed E-state index contributed by atoms with van der Waals surface area (Å²) in [7, 11) is 0. The summed E-state index contributed by atoms with van der Waals surface area (Å²) in [5.74, 6) is 0.128. The predicted octanol–water partition coefficient (Wildman–Crippen LogP) is 1.47. The van der Waals surface area contributed by atoms with E-state index in [9.17, 15) is 0 Å². The summed E-state index contributed by atoms with van der Waals surface area (Å²) >= 11 is 0. The Morgan fingerprint density at radius 1 is 1.36 bits per heavy atom. The largest absolute Gasteiger partial charge is 0.315 e. The molecule has 3 heteroatoms. The first-order valence-electron chi connectivity index (χ1n) is 5.57. The summed E-state index contributed by atoms with van der Waals surface area (Å²) in [4.78, 5) is 2.41. The second kappa shape index (κ2) is 8.98. The molecule has 0 bridgehead atoms. The monoisotopic (exact) mass is 197 g/mol. The molecule has 0 amide bonds. The quantitative estimate of drug-likeness (QED) is 0.599. The zero-order chi connectivity index (χ0) is 10.8. The zero-order valence-corrected chi connectivity index (χ0v) is 9.71. The van der Waals surface area contributed by atoms with Crippen molar-refractivity contribution < 1.29 is 0 Å². The van der Waals surface area contributed by atoms with Crippen LogP contribution in [0.4, 0.5) is 0 Å². The molecule has 0 fully saturated rings. The van der Waals surface area contributed by atoms with E-state index in [0.717, 1.165) is 32.7 Å². The van der Waals surface area contributed by atoms with Crippen molar-refractivity contribution in [3.05, 3.63) is 0 Å². The number of nitriles is 1. The SMILES string of the molecule is CCN(CC)CCCNCC(C)C#N. The Balaban J connectivity index is 3.25. The first-order valence-corrected chi connectivity index (χ1v) is 5.57. The highest BCUT2D eigenvalue weighted by atomic mass is 15.1. The molecule has 82 valence electrons. The molecule has 0 aromatic carbocycles. The van der Waals surface area contributed by atoms with Crippen LogP contribution in [0.25, 0.3) is 0 Å². The van der Waals surface area contributed by atoms with Crippen molar-refractivity contribution in [1.29, 1.82) is 5.26 Å². The van der Waals surface area contributed by atoms with E-state index in [1.807, 2.05) is 6.92 Å². The normalized spacial score (nSPS) is 12.8. The maximum atomic E-state index is 8.56. The third-order valence-electron chi connectivity index (χ3n) is 2.39. The highest BCUT2D eigenvalue weighted by Gasteiger charge is 1.99. The van der Waals surface area contributed by atoms with E-state index in [1.54, 1.807) is 0 Å². The Morgan fingerprint density at radius 2 is 2.00 bits per heavy atom. The number of hydrogen-bond acceptors (Lipinski definition) is 3. The lowest BCUT2D eigenvalue weighted by Gasteiger charge is -2.17. The zero-order valence-electron chi connectivity index (χ0n) is 9.71. The van der Waals surface area contributed by atoms with Gasteiger partial charge in [0.05, 0.1) is 12.0 Å². The number of hydrogen-bond donors (Lipinski definition) is 1. The van der Waals surface area contributed by atoms with Gasteiger partial charge in [0.1, 0.15) is 0 Å². The molecule has 3 nitrogen and oxygen atoms in total. The van der Waals surface area contributed by atoms with Gasteiger partial charge in [0.15, 0.2) is 0 Å². The molecule has 0 aliphatic carbocycles. The lowest BCUT2D eigenvalue weighted by molar-refractivity contribution is 0.297. The highest BCUT2D eigenvalue weighted by molar-refractivity contribution is 4.79. The summed E-state index contributed by atoms with van der Waals surface area (Å²) in [5, 5.41) is 11.8. The third-order valence-corrected chi connectivity index (χ3v) is 2.39. The molecule has 0 aliphatic heterocycles. The van der Waals surface area contributed by atoms with Gasteiger partial charge in [0.2, 0.25) is 0 Å². The van der Waals surface area contributed by atoms with Crippen LogP contribution in [-0.2, 0) is 0 Å². The first kappa shape index (κ1) is 13.4. The lowest BCUT2D eigenvalue weighted by Crippen LogP contribution is -2.28. The minimum absolute atomic E-state index is 0.128. The molecule has 1 N–H and O–H groups in total. The maximum Gasteiger partial charge on any atom is 0.0666 e. The van der Waals surface area contributed by atoms with Crippen LogP contribution in [0.3, 0.4) is 0 Å². The average molecular weight is 197 g/mol. The minimum atomic E-state index is 0.128. The van der Waals surface area contributed by atoms with Crippen molar-refractivity contribution in [1.82, 2.24) is 10.2 Å². The molecule has 0 saturated carbocycles. The Bertz CT molecular complexity index is 158. The lowest BCUT2D eigenvalue weighted by atomic mass is 10.2. The predicted molar refractivity (Wildman–Crippen MR) is 60.1 cm³/mol. The van der Waals surface area contributed by atoms with Crippen LogP contribution in [-0.4, -0.2) is 37.6 Å². The number of rotatable bonds is 8. The molecule has 0 heterocycles. The maximum absolute atomic E-state index is 8.56. The molecule has 0 aliphatic rings. The van der Waals surface area contributed by atoms with Gasteiger partial charge in [-0.2, -0.15) is 5.26 Å². The number of nitrogens with one attached hydrogen (secondary N) is 1. The van der Waals surface area contributed by atoms with Gasteiger partial charge in [0.25, 0.3) is 0 Å². The Kier molecular flexibility index (Phi) is 8.61. The molecular formula is C11H23N3. The van der Waals surface area contributed by atoms with Gasteiger partial charge < -0.3 is 10.2 Å². The molecule has 0 radical (unpaired) electrons. The van der Waals surface area contributed by atoms with Gasteiger partial charge >= 0.3 is 0 Å². The van der Waals surface area contributed by atoms with E-state index in [4.69, 9.17) is 5.26 Å². The second-order valence-corrected chi connectivity index (χ2v) is 3.61. The van der Waals surface area contributed by atoms with Gasteiger partial charge in [-0.3, -0.25) is 0 Å². The van der Waals surface area contributed by atoms with E-state index in [1.165, 1.54) is 6.42 Å². The fourth-order valence-corrected chi connectivity index (χ4v) is 1.33. The smallest absolute Gasteiger partial charge is 0.0666 e. The van der Waals surface area contributed by atoms with E-state index in [-0.39, 0.29) is 5.92 Å². The van der Waals surface area contributed by atoms with Gasteiger partial charge in [-0.15, -0.1) is 0 Å². The first-order chi connectivity index (χ1) is 6.74. The standard InChI is InChI=1S/C11H23N3/c1-4-14(5-2)8-6-7-13-10-11(3)9-12/h11,13H,4-8,10H2,1-3H3. The molecule has 0 aromatic heterocycles. The molecule has 0 spiro atoms. The Labute approximate surface area is 88.1 Å². The van der Waals surface area contributed by atoms with Crippen LogP contribution < -0.4 is 5.32 Å². The van der Waals surface area contributed by atoms with E-state index in [0.29, 0.717) is 0 Å². The Hall–Kier alpha value is -0.590. The summed E-state index contributed by atoms with van der Waals surface area (Å²) in [6, 6.07) is 2.21. The second-order valence-electron chi connectivity index (χ2n) is 3.61. The van der Waals surface area contributed by atoms with E-state index in [2.05, 4.69) is 30.1 Å². The molecule has 0 rings (SSSR count). The molecule has 1 unspecified atom stereocenters. The Morgan fingerprint density at radius 3 is 2.50 bits per heavy atom. The molecule has 14 heavy (non-hydrogen) atoms. The van der Waals surface area contributed by atoms with Crippen molar-refractivity contribution in [2.75, 3.05) is 32.7 Å². The van der Waals surface area contributed by atoms with Crippen molar-refractivity contribution in [3.8, 4) is 6.07 Å². The molecule has 0 aromatic rings. The van der Waals surface area contributed by atoms with Gasteiger partial charge in [0, 0.05) is 6.54 Å². The van der Waals surface area contributed by atoms with Crippen molar-refractivity contribution in [3.63, 3.8) is 0 Å². The highest BCUT2D eigenvalue weighted by Crippen LogP contribution is 1.91. The molecular weight excluding hydrogens is 174 g/mol. The summed E-state index contributed by atoms with van der Waals surface area (Å²) in [6.07, 6.45) is 1.17. The van der Waals surface area contributed by atoms with Crippen molar-refractivity contribution >= 4 is 0 Å². The fraction of sp³-hybridized carbons (Fsp3) is 0.909. The number of nitrogens with zero attached hydrogens (tertiary/aromatic N) is 2. The van der Waals surface area contributed by atoms with Crippen molar-refractivity contribution in [2.45, 2.75) is 27.2 Å². The molecule has 0 saturated heterocycles. The van der Waals surface area contributed by atoms with E-state index >= 15 is 0 Å². The third kappa shape index (κ3) is 6.88. The summed E-state index contributed by atoms with van der Waals surface area (Å²) < 4.78 is 0. The van der Waals surface area contributed by atoms with Crippen LogP contribution in [0.5, 0.6) is 0 Å². The van der Waals surface area contributed by atoms with Gasteiger partial charge in [-0.1, -0.05) is 13.8 Å². The average Bonchev–Trinajstić information content (AvgIpc) is 2.23. The van der Waals surface area contributed by atoms with Crippen LogP contribution in [0.15, 0.2) is 0 Å². The van der Waals surface area contributed by atoms with Crippen LogP contribution in [0.2, 0.25) is 0 Å². The van der Waals surface area contributed by atoms with Crippen LogP contribution >= 0.6 is 0 Å². The molecule has 1 atom stereocenters. The van der Waals surface area contributed by atoms with E-state index < -0.39 is 0 Å². The van der Waals surface area contributed by atoms with Crippen LogP contribution in [0.1, 0.15) is 27.2 Å². The fourth-order valence-electron chi connectivity index (χ4n) is 1.33. The summed E-state index contributed by atoms with van der Waals surface area (Å²) in [6.45, 7) is 11.6. The van der Waals surface area contributed by atoms with Crippen LogP contribution in [0, 0.1) is 17.2 Å². The van der Waals surface area contributed by atoms with Crippen molar-refractivity contribution in [2.24, 2.45) is 5.92 Å². The summed E-state index contributed by atoms with van der Waals surface area (Å²) in [5.41, 5.74) is 0. The van der Waals surface area contributed by atoms with Gasteiger partial charge in [-0.25, -0.2) is 0 Å². The topological polar surface area (TPSA) is 39.1 Å². The van der Waals surface area contributed by atoms with Gasteiger partial charge in [-0.05, 0) is 39.5 Å².